The molecule has 2 radical (unpaired) electrons. The molecule has 0 aromatic heterocycles. The van der Waals surface area contributed by atoms with E-state index in [1.807, 2.05) is 0 Å². The van der Waals surface area contributed by atoms with E-state index in [9.17, 15) is 0 Å². The van der Waals surface area contributed by atoms with Crippen molar-refractivity contribution in [2.45, 2.75) is 39.3 Å². The molecule has 0 amide bonds. The molecule has 8 bridgehead atoms. The van der Waals surface area contributed by atoms with E-state index in [-0.39, 0.29) is 46.0 Å². The van der Waals surface area contributed by atoms with Gasteiger partial charge in [-0.05, 0) is 33.4 Å². The number of benzene rings is 3. The molecule has 384 valence electrons. The molecule has 0 aliphatic carbocycles. The molecule has 3 aromatic carbocycles. The van der Waals surface area contributed by atoms with Gasteiger partial charge in [0.2, 0.25) is 0 Å². The number of aliphatic hydroxyl groups excluding tert-OH is 2. The van der Waals surface area contributed by atoms with Crippen molar-refractivity contribution in [1.82, 2.24) is 41.7 Å². The minimum atomic E-state index is -4.94. The van der Waals surface area contributed by atoms with Crippen LogP contribution in [0.2, 0.25) is 0 Å². The van der Waals surface area contributed by atoms with Gasteiger partial charge in [-0.3, -0.25) is 9.80 Å². The first kappa shape index (κ1) is 71.5. The Bertz CT molecular complexity index is 1300. The van der Waals surface area contributed by atoms with Crippen molar-refractivity contribution in [3.63, 3.8) is 0 Å². The standard InChI is InChI=1S/C36H54N8.2CH4O.3ClHO4.ClH.2Co/c1-4-31-22-32(5-1)26-38-11-17-44-19-13-40-28-34-7-2-6-33(23-34)27-39-12-18-43(16-10-37-25-31)20-14-41-29-35-8-3-9-36(24-35)30-42-15-21-44;2*1-2;3*2-1(3,4)5;;;/h1-9,22-24,37-42H,10-21,25-30H2;2*2H,1H3;3*(H,2,3,4,5);1H;;/q;;;;;;;2*+2/p-4. The van der Waals surface area contributed by atoms with Crippen LogP contribution in [0.1, 0.15) is 33.4 Å². The molecule has 8 N–H and O–H groups in total. The van der Waals surface area contributed by atoms with Crippen LogP contribution in [0.15, 0.2) is 72.8 Å². The van der Waals surface area contributed by atoms with Crippen LogP contribution in [0.4, 0.5) is 0 Å². The van der Waals surface area contributed by atoms with E-state index in [0.717, 1.165) is 132 Å². The predicted molar refractivity (Wildman–Crippen MR) is 199 cm³/mol. The van der Waals surface area contributed by atoms with Crippen molar-refractivity contribution in [3.8, 4) is 0 Å². The van der Waals surface area contributed by atoms with Crippen molar-refractivity contribution in [1.29, 1.82) is 0 Å². The Hall–Kier alpha value is -1.05. The van der Waals surface area contributed by atoms with Crippen LogP contribution in [-0.2, 0) is 72.8 Å². The number of nitrogens with zero attached hydrogens (tertiary/aromatic N) is 2. The monoisotopic (exact) mass is 1110 g/mol. The summed E-state index contributed by atoms with van der Waals surface area (Å²) in [5, 5.41) is 36.2. The average Bonchev–Trinajstić information content (AvgIpc) is 3.20. The van der Waals surface area contributed by atoms with Crippen LogP contribution in [0.25, 0.3) is 0 Å². The molecule has 3 heterocycles. The van der Waals surface area contributed by atoms with Crippen molar-refractivity contribution in [2.24, 2.45) is 0 Å². The van der Waals surface area contributed by atoms with Gasteiger partial charge in [-0.25, -0.2) is 55.9 Å². The average molecular weight is 1110 g/mol. The van der Waals surface area contributed by atoms with Crippen molar-refractivity contribution in [3.05, 3.63) is 106 Å². The Morgan fingerprint density at radius 2 is 0.485 bits per heavy atom. The molecular weight excluding hydrogens is 1050 g/mol. The third-order valence-corrected chi connectivity index (χ3v) is 8.58. The Morgan fingerprint density at radius 3 is 0.621 bits per heavy atom. The molecule has 66 heavy (non-hydrogen) atoms. The van der Waals surface area contributed by atoms with Gasteiger partial charge in [0.05, 0.1) is 0 Å². The summed E-state index contributed by atoms with van der Waals surface area (Å²) in [7, 11) is -12.8. The van der Waals surface area contributed by atoms with Gasteiger partial charge in [-0.15, -0.1) is 30.7 Å². The number of hydrogen-bond acceptors (Lipinski definition) is 22. The minimum absolute atomic E-state index is 0. The Labute approximate surface area is 420 Å². The maximum absolute atomic E-state index is 8.49. The summed E-state index contributed by atoms with van der Waals surface area (Å²) in [5.41, 5.74) is 8.12. The molecule has 0 saturated carbocycles. The first-order chi connectivity index (χ1) is 29.8. The van der Waals surface area contributed by atoms with Crippen LogP contribution < -0.4 is 100 Å². The molecule has 3 aromatic rings. The second-order valence-corrected chi connectivity index (χ2v) is 15.6. The minimum Gasteiger partial charge on any atom is -1.00 e. The van der Waals surface area contributed by atoms with Gasteiger partial charge < -0.3 is 54.5 Å². The molecule has 0 fully saturated rings. The van der Waals surface area contributed by atoms with E-state index in [0.29, 0.717) is 0 Å². The van der Waals surface area contributed by atoms with Crippen LogP contribution in [-0.4, -0.2) is 113 Å². The fraction of sp³-hybridized carbons (Fsp3) is 0.526. The Balaban J connectivity index is -0.000000747. The van der Waals surface area contributed by atoms with Gasteiger partial charge in [0, 0.05) is 132 Å². The number of aliphatic hydroxyl groups is 2. The number of halogens is 4. The third kappa shape index (κ3) is 48.0. The fourth-order valence-corrected chi connectivity index (χ4v) is 6.04. The maximum Gasteiger partial charge on any atom is 2.00 e. The maximum atomic E-state index is 8.49. The number of fused-ring (bicyclic) bond motifs is 18. The molecule has 0 spiro atoms. The molecule has 3 aliphatic rings. The second-order valence-electron chi connectivity index (χ2n) is 13.3. The molecule has 28 heteroatoms. The van der Waals surface area contributed by atoms with Crippen LogP contribution in [0.3, 0.4) is 0 Å². The molecule has 6 rings (SSSR count). The van der Waals surface area contributed by atoms with Gasteiger partial charge in [0.25, 0.3) is 0 Å². The summed E-state index contributed by atoms with van der Waals surface area (Å²) < 4.78 is 102. The summed E-state index contributed by atoms with van der Waals surface area (Å²) in [6, 6.07) is 27.0. The van der Waals surface area contributed by atoms with Gasteiger partial charge in [-0.1, -0.05) is 72.8 Å². The largest absolute Gasteiger partial charge is 2.00 e. The zero-order chi connectivity index (χ0) is 47.6. The van der Waals surface area contributed by atoms with Crippen molar-refractivity contribution in [2.75, 3.05) is 92.8 Å². The molecule has 3 aliphatic heterocycles. The zero-order valence-corrected chi connectivity index (χ0v) is 41.6. The van der Waals surface area contributed by atoms with Crippen molar-refractivity contribution < 1.29 is 143 Å². The normalized spacial score (nSPS) is 18.0. The second kappa shape index (κ2) is 42.8. The quantitative estimate of drug-likeness (QED) is 0.104. The van der Waals surface area contributed by atoms with Gasteiger partial charge >= 0.3 is 33.6 Å². The fourth-order valence-electron chi connectivity index (χ4n) is 6.04. The number of nitrogens with one attached hydrogen (secondary N) is 6. The summed E-state index contributed by atoms with van der Waals surface area (Å²) in [6.07, 6.45) is 0. The van der Waals surface area contributed by atoms with Crippen LogP contribution in [0.5, 0.6) is 0 Å². The third-order valence-electron chi connectivity index (χ3n) is 8.58. The first-order valence-electron chi connectivity index (χ1n) is 19.5. The Morgan fingerprint density at radius 1 is 0.348 bits per heavy atom. The van der Waals surface area contributed by atoms with E-state index < -0.39 is 30.7 Å². The molecular formula is C38H62Cl4Co2N8O14. The van der Waals surface area contributed by atoms with Gasteiger partial charge in [0.1, 0.15) is 0 Å². The van der Waals surface area contributed by atoms with E-state index in [1.165, 1.54) is 33.4 Å². The van der Waals surface area contributed by atoms with E-state index >= 15 is 0 Å². The van der Waals surface area contributed by atoms with E-state index in [4.69, 9.17) is 66.1 Å². The SMILES string of the molecule is CO.CO.[Cl-].[Co+2].[Co+2].[O-][Cl+3]([O-])([O-])[O-].[O-][Cl+3]([O-])([O-])[O-].[O-][Cl+3]([O-])([O-])[O-].c1cc2cc(c1)CNCCN1CCNCc3cccc(c3)CNCCN(CCNC2)CCNCc2cccc(c2)CNCC1. The molecule has 0 atom stereocenters. The van der Waals surface area contributed by atoms with Crippen LogP contribution in [0, 0.1) is 30.7 Å². The number of hydrogen-bond donors (Lipinski definition) is 8. The molecule has 0 unspecified atom stereocenters. The van der Waals surface area contributed by atoms with E-state index in [2.05, 4.69) is 114 Å². The predicted octanol–water partition coefficient (Wildman–Crippen LogP) is -15.8. The molecule has 0 saturated heterocycles. The summed E-state index contributed by atoms with van der Waals surface area (Å²) in [5.74, 6) is 0. The summed E-state index contributed by atoms with van der Waals surface area (Å²) in [6.45, 7) is 17.4. The first-order valence-corrected chi connectivity index (χ1v) is 23.2. The Kier molecular flexibility index (Phi) is 46.4. The smallest absolute Gasteiger partial charge is 1.00 e. The summed E-state index contributed by atoms with van der Waals surface area (Å²) in [4.78, 5) is 5.16. The van der Waals surface area contributed by atoms with Crippen LogP contribution >= 0.6 is 0 Å². The number of rotatable bonds is 0. The zero-order valence-electron chi connectivity index (χ0n) is 36.5. The van der Waals surface area contributed by atoms with E-state index in [1.54, 1.807) is 0 Å². The van der Waals surface area contributed by atoms with Crippen molar-refractivity contribution >= 4 is 0 Å². The topological polar surface area (TPSA) is 396 Å². The molecule has 22 nitrogen and oxygen atoms in total. The van der Waals surface area contributed by atoms with Gasteiger partial charge in [-0.2, -0.15) is 0 Å². The summed E-state index contributed by atoms with van der Waals surface area (Å²) >= 11 is 0. The van der Waals surface area contributed by atoms with Gasteiger partial charge in [0.15, 0.2) is 0 Å².